The van der Waals surface area contributed by atoms with Crippen LogP contribution in [0, 0.1) is 0 Å². The molecule has 2 N–H and O–H groups in total. The van der Waals surface area contributed by atoms with Gasteiger partial charge in [0, 0.05) is 0 Å². The van der Waals surface area contributed by atoms with E-state index in [1.807, 2.05) is 19.4 Å². The second kappa shape index (κ2) is 9.87. The summed E-state index contributed by atoms with van der Waals surface area (Å²) in [6.07, 6.45) is 0. The number of halogens is 1. The molecule has 0 aromatic carbocycles. The average molecular weight is 140 g/mol. The Morgan fingerprint density at radius 3 is 1.88 bits per heavy atom. The van der Waals surface area contributed by atoms with Crippen LogP contribution >= 0.6 is 11.6 Å². The van der Waals surface area contributed by atoms with Crippen LogP contribution in [-0.2, 0) is 4.79 Å². The average Bonchev–Trinajstić information content (AvgIpc) is 1.69. The molecule has 3 nitrogen and oxygen atoms in total. The number of carbonyl (C=O) groups is 1. The van der Waals surface area contributed by atoms with E-state index in [1.54, 1.807) is 0 Å². The third-order valence-electron chi connectivity index (χ3n) is 0.109. The third kappa shape index (κ3) is 43.1. The highest BCUT2D eigenvalue weighted by atomic mass is 35.5. The van der Waals surface area contributed by atoms with Crippen LogP contribution in [0.15, 0.2) is 0 Å². The van der Waals surface area contributed by atoms with Crippen LogP contribution in [0.5, 0.6) is 0 Å². The zero-order chi connectivity index (χ0) is 6.99. The van der Waals surface area contributed by atoms with Crippen molar-refractivity contribution >= 4 is 17.6 Å². The van der Waals surface area contributed by atoms with Crippen LogP contribution in [0.3, 0.4) is 0 Å². The summed E-state index contributed by atoms with van der Waals surface area (Å²) in [6, 6.07) is 0. The predicted octanol–water partition coefficient (Wildman–Crippen LogP) is -2.22. The van der Waals surface area contributed by atoms with E-state index in [2.05, 4.69) is 11.6 Å². The summed E-state index contributed by atoms with van der Waals surface area (Å²) >= 11 is 4.67. The van der Waals surface area contributed by atoms with Crippen LogP contribution < -0.4 is 10.4 Å². The molecule has 0 radical (unpaired) electrons. The minimum absolute atomic E-state index is 0.417. The Hall–Kier alpha value is -0.280. The van der Waals surface area contributed by atoms with E-state index >= 15 is 0 Å². The summed E-state index contributed by atoms with van der Waals surface area (Å²) in [5.41, 5.74) is 0. The molecular formula is C4H10ClNO2. The summed E-state index contributed by atoms with van der Waals surface area (Å²) in [5.74, 6) is -1.65. The number of aliphatic carboxylic acids is 1. The quantitative estimate of drug-likeness (QED) is 0.419. The highest BCUT2D eigenvalue weighted by molar-refractivity contribution is 6.25. The van der Waals surface area contributed by atoms with Crippen molar-refractivity contribution in [3.8, 4) is 0 Å². The van der Waals surface area contributed by atoms with Crippen LogP contribution in [0.1, 0.15) is 0 Å². The number of hydrogen-bond donors (Lipinski definition) is 1. The summed E-state index contributed by atoms with van der Waals surface area (Å²) in [5, 5.41) is 11.1. The monoisotopic (exact) mass is 139 g/mol. The lowest BCUT2D eigenvalue weighted by molar-refractivity contribution is -0.597. The Morgan fingerprint density at radius 1 is 1.75 bits per heavy atom. The van der Waals surface area contributed by atoms with Crippen molar-refractivity contribution in [3.05, 3.63) is 0 Å². The van der Waals surface area contributed by atoms with E-state index < -0.39 is 11.8 Å². The molecule has 0 fully saturated rings. The molecule has 0 aliphatic heterocycles. The van der Waals surface area contributed by atoms with Crippen LogP contribution in [0.2, 0.25) is 0 Å². The number of alkyl halides is 1. The Morgan fingerprint density at radius 2 is 1.88 bits per heavy atom. The molecule has 0 spiro atoms. The summed E-state index contributed by atoms with van der Waals surface area (Å²) in [4.78, 5) is 9.12. The fraction of sp³-hybridized carbons (Fsp3) is 0.750. The van der Waals surface area contributed by atoms with Crippen molar-refractivity contribution in [3.63, 3.8) is 0 Å². The highest BCUT2D eigenvalue weighted by Gasteiger charge is 1.68. The van der Waals surface area contributed by atoms with E-state index in [0.717, 1.165) is 0 Å². The van der Waals surface area contributed by atoms with Gasteiger partial charge in [0.2, 0.25) is 0 Å². The number of hydrogen-bond acceptors (Lipinski definition) is 2. The predicted molar refractivity (Wildman–Crippen MR) is 29.5 cm³/mol. The molecule has 0 amide bonds. The molecule has 0 aliphatic carbocycles. The maximum Gasteiger partial charge on any atom is 0.0647 e. The lowest BCUT2D eigenvalue weighted by Gasteiger charge is -1.85. The zero-order valence-corrected chi connectivity index (χ0v) is 5.73. The van der Waals surface area contributed by atoms with Gasteiger partial charge in [0.25, 0.3) is 0 Å². The van der Waals surface area contributed by atoms with Crippen molar-refractivity contribution in [2.45, 2.75) is 0 Å². The Kier molecular flexibility index (Phi) is 13.1. The van der Waals surface area contributed by atoms with Crippen LogP contribution in [-0.4, -0.2) is 25.9 Å². The van der Waals surface area contributed by atoms with Gasteiger partial charge in [-0.2, -0.15) is 0 Å². The molecule has 0 aromatic rings. The van der Waals surface area contributed by atoms with Crippen LogP contribution in [0.4, 0.5) is 0 Å². The van der Waals surface area contributed by atoms with Crippen molar-refractivity contribution in [2.75, 3.05) is 20.0 Å². The largest absolute Gasteiger partial charge is 0.549 e. The van der Waals surface area contributed by atoms with Gasteiger partial charge in [0.15, 0.2) is 0 Å². The second-order valence-corrected chi connectivity index (χ2v) is 1.35. The van der Waals surface area contributed by atoms with E-state index in [9.17, 15) is 0 Å². The minimum Gasteiger partial charge on any atom is -0.549 e. The number of carboxylic acids is 1. The first-order valence-electron chi connectivity index (χ1n) is 2.18. The number of carbonyl (C=O) groups excluding carboxylic acids is 1. The normalized spacial score (nSPS) is 6.88. The van der Waals surface area contributed by atoms with Gasteiger partial charge in [-0.25, -0.2) is 0 Å². The molecule has 0 unspecified atom stereocenters. The van der Waals surface area contributed by atoms with Crippen molar-refractivity contribution in [1.29, 1.82) is 0 Å². The molecule has 4 heteroatoms. The Bertz CT molecular complexity index is 58.0. The maximum atomic E-state index is 9.12. The van der Waals surface area contributed by atoms with E-state index in [-0.39, 0.29) is 0 Å². The fourth-order valence-electron chi connectivity index (χ4n) is 0. The Balaban J connectivity index is 0. The first-order chi connectivity index (χ1) is 3.68. The molecule has 0 aromatic heterocycles. The SMILES string of the molecule is C[NH2+]C.O=C([O-])CCl. The summed E-state index contributed by atoms with van der Waals surface area (Å²) in [6.45, 7) is 0. The number of rotatable bonds is 1. The molecule has 0 rings (SSSR count). The van der Waals surface area contributed by atoms with Crippen LogP contribution in [0.25, 0.3) is 0 Å². The first kappa shape index (κ1) is 10.7. The molecule has 0 bridgehead atoms. The Labute approximate surface area is 53.6 Å². The molecule has 0 aliphatic rings. The zero-order valence-electron chi connectivity index (χ0n) is 4.98. The van der Waals surface area contributed by atoms with Gasteiger partial charge >= 0.3 is 0 Å². The van der Waals surface area contributed by atoms with E-state index in [1.165, 1.54) is 0 Å². The minimum atomic E-state index is -1.23. The molecule has 8 heavy (non-hydrogen) atoms. The molecular weight excluding hydrogens is 130 g/mol. The van der Waals surface area contributed by atoms with Gasteiger partial charge < -0.3 is 15.2 Å². The molecule has 0 saturated heterocycles. The van der Waals surface area contributed by atoms with Crippen molar-refractivity contribution < 1.29 is 15.2 Å². The topological polar surface area (TPSA) is 56.7 Å². The van der Waals surface area contributed by atoms with E-state index in [0.29, 0.717) is 0 Å². The molecule has 0 saturated carbocycles. The van der Waals surface area contributed by atoms with Gasteiger partial charge in [0.1, 0.15) is 0 Å². The lowest BCUT2D eigenvalue weighted by atomic mass is 10.8. The van der Waals surface area contributed by atoms with Gasteiger partial charge in [0.05, 0.1) is 25.9 Å². The number of nitrogens with two attached hydrogens (primary N) is 1. The maximum absolute atomic E-state index is 9.12. The summed E-state index contributed by atoms with van der Waals surface area (Å²) in [7, 11) is 4.00. The molecule has 0 atom stereocenters. The second-order valence-electron chi connectivity index (χ2n) is 1.08. The van der Waals surface area contributed by atoms with Crippen molar-refractivity contribution in [1.82, 2.24) is 0 Å². The highest BCUT2D eigenvalue weighted by Crippen LogP contribution is 1.63. The third-order valence-corrected chi connectivity index (χ3v) is 0.327. The molecule has 50 valence electrons. The molecule has 0 heterocycles. The fourth-order valence-corrected chi connectivity index (χ4v) is 0. The lowest BCUT2D eigenvalue weighted by Crippen LogP contribution is -2.74. The van der Waals surface area contributed by atoms with E-state index in [4.69, 9.17) is 9.90 Å². The number of quaternary nitrogens is 1. The van der Waals surface area contributed by atoms with Gasteiger partial charge in [-0.05, 0) is 0 Å². The number of carboxylic acid groups (broad SMARTS) is 1. The van der Waals surface area contributed by atoms with Gasteiger partial charge in [-0.3, -0.25) is 0 Å². The smallest absolute Gasteiger partial charge is 0.0647 e. The van der Waals surface area contributed by atoms with Gasteiger partial charge in [-0.1, -0.05) is 0 Å². The standard InChI is InChI=1S/C2H3ClO2.C2H7N/c3-1-2(4)5;1-3-2/h1H2,(H,4,5);3H,1-2H3. The van der Waals surface area contributed by atoms with Crippen molar-refractivity contribution in [2.24, 2.45) is 0 Å². The van der Waals surface area contributed by atoms with Gasteiger partial charge in [-0.15, -0.1) is 11.6 Å². The summed E-state index contributed by atoms with van der Waals surface area (Å²) < 4.78 is 0. The first-order valence-corrected chi connectivity index (χ1v) is 2.72.